The Morgan fingerprint density at radius 1 is 1.03 bits per heavy atom. The van der Waals surface area contributed by atoms with Crippen molar-refractivity contribution in [2.45, 2.75) is 19.1 Å². The molecule has 1 amide bonds. The largest absolute Gasteiger partial charge is 0.484 e. The van der Waals surface area contributed by atoms with Crippen molar-refractivity contribution in [1.82, 2.24) is 20.1 Å². The summed E-state index contributed by atoms with van der Waals surface area (Å²) in [5, 5.41) is 8.42. The highest BCUT2D eigenvalue weighted by atomic mass is 16.5. The monoisotopic (exact) mass is 438 g/mol. The van der Waals surface area contributed by atoms with Gasteiger partial charge < -0.3 is 14.5 Å². The molecule has 0 saturated carbocycles. The molecule has 7 heteroatoms. The zero-order chi connectivity index (χ0) is 22.6. The lowest BCUT2D eigenvalue weighted by Crippen LogP contribution is -2.39. The number of ether oxygens (including phenoxy) is 1. The van der Waals surface area contributed by atoms with Crippen molar-refractivity contribution < 1.29 is 13.9 Å². The van der Waals surface area contributed by atoms with Gasteiger partial charge in [-0.25, -0.2) is 4.68 Å². The van der Waals surface area contributed by atoms with Crippen LogP contribution in [0.25, 0.3) is 16.6 Å². The minimum atomic E-state index is -0.407. The molecule has 3 heterocycles. The molecule has 0 aliphatic heterocycles. The Balaban J connectivity index is 1.42. The highest BCUT2D eigenvalue weighted by Crippen LogP contribution is 2.29. The minimum absolute atomic E-state index is 0.262. The first-order valence-corrected chi connectivity index (χ1v) is 10.6. The third kappa shape index (κ3) is 4.34. The summed E-state index contributed by atoms with van der Waals surface area (Å²) in [6.45, 7) is 1.91. The van der Waals surface area contributed by atoms with Crippen LogP contribution in [-0.4, -0.2) is 26.7 Å². The molecule has 3 aromatic heterocycles. The van der Waals surface area contributed by atoms with Crippen LogP contribution in [0.4, 0.5) is 0 Å². The number of nitrogens with zero attached hydrogens (tertiary/aromatic N) is 3. The molecule has 1 N–H and O–H groups in total. The second-order valence-corrected chi connectivity index (χ2v) is 7.68. The van der Waals surface area contributed by atoms with Gasteiger partial charge in [-0.1, -0.05) is 30.3 Å². The van der Waals surface area contributed by atoms with Gasteiger partial charge >= 0.3 is 0 Å². The number of pyridine rings is 1. The highest BCUT2D eigenvalue weighted by molar-refractivity contribution is 5.91. The predicted octanol–water partition coefficient (Wildman–Crippen LogP) is 4.95. The summed E-state index contributed by atoms with van der Waals surface area (Å²) >= 11 is 0. The van der Waals surface area contributed by atoms with Gasteiger partial charge in [-0.2, -0.15) is 5.10 Å². The zero-order valence-electron chi connectivity index (χ0n) is 18.0. The van der Waals surface area contributed by atoms with E-state index in [4.69, 9.17) is 9.15 Å². The van der Waals surface area contributed by atoms with Crippen LogP contribution in [0, 0.1) is 0 Å². The van der Waals surface area contributed by atoms with Crippen molar-refractivity contribution in [2.24, 2.45) is 0 Å². The lowest BCUT2D eigenvalue weighted by molar-refractivity contribution is 0.0854. The molecule has 33 heavy (non-hydrogen) atoms. The van der Waals surface area contributed by atoms with Gasteiger partial charge in [0, 0.05) is 11.6 Å². The third-order valence-electron chi connectivity index (χ3n) is 5.38. The number of hydrogen-bond donors (Lipinski definition) is 1. The maximum absolute atomic E-state index is 12.5. The van der Waals surface area contributed by atoms with E-state index >= 15 is 0 Å². The summed E-state index contributed by atoms with van der Waals surface area (Å²) < 4.78 is 13.5. The third-order valence-corrected chi connectivity index (χ3v) is 5.38. The van der Waals surface area contributed by atoms with Gasteiger partial charge in [0.2, 0.25) is 0 Å². The van der Waals surface area contributed by atoms with Crippen molar-refractivity contribution in [2.75, 3.05) is 0 Å². The quantitative estimate of drug-likeness (QED) is 0.389. The van der Waals surface area contributed by atoms with Gasteiger partial charge in [0.1, 0.15) is 11.9 Å². The van der Waals surface area contributed by atoms with Crippen LogP contribution < -0.4 is 10.1 Å². The molecule has 5 aromatic rings. The summed E-state index contributed by atoms with van der Waals surface area (Å²) in [7, 11) is 0. The van der Waals surface area contributed by atoms with E-state index in [1.54, 1.807) is 30.7 Å². The Hall–Kier alpha value is -4.39. The van der Waals surface area contributed by atoms with Crippen molar-refractivity contribution in [3.05, 3.63) is 109 Å². The summed E-state index contributed by atoms with van der Waals surface area (Å²) in [5.74, 6) is 0.657. The van der Waals surface area contributed by atoms with E-state index < -0.39 is 6.10 Å². The van der Waals surface area contributed by atoms with Gasteiger partial charge in [0.15, 0.2) is 5.76 Å². The van der Waals surface area contributed by atoms with E-state index in [1.807, 2.05) is 72.3 Å². The first-order chi connectivity index (χ1) is 16.2. The molecule has 0 saturated heterocycles. The molecule has 5 rings (SSSR count). The minimum Gasteiger partial charge on any atom is -0.484 e. The second-order valence-electron chi connectivity index (χ2n) is 7.68. The lowest BCUT2D eigenvalue weighted by Gasteiger charge is -2.26. The molecule has 0 aliphatic rings. The fourth-order valence-corrected chi connectivity index (χ4v) is 3.78. The van der Waals surface area contributed by atoms with Gasteiger partial charge in [-0.3, -0.25) is 9.78 Å². The Bertz CT molecular complexity index is 1350. The molecule has 0 aliphatic carbocycles. The van der Waals surface area contributed by atoms with Gasteiger partial charge in [0.25, 0.3) is 5.91 Å². The van der Waals surface area contributed by atoms with E-state index in [2.05, 4.69) is 15.4 Å². The predicted molar refractivity (Wildman–Crippen MR) is 124 cm³/mol. The molecule has 0 spiro atoms. The van der Waals surface area contributed by atoms with Crippen molar-refractivity contribution in [3.63, 3.8) is 0 Å². The van der Waals surface area contributed by atoms with E-state index in [0.29, 0.717) is 5.75 Å². The van der Waals surface area contributed by atoms with Crippen LogP contribution in [0.5, 0.6) is 5.75 Å². The summed E-state index contributed by atoms with van der Waals surface area (Å²) in [6.07, 6.45) is 6.37. The molecule has 164 valence electrons. The van der Waals surface area contributed by atoms with E-state index in [0.717, 1.165) is 22.2 Å². The highest BCUT2D eigenvalue weighted by Gasteiger charge is 2.24. The first kappa shape index (κ1) is 20.5. The number of nitrogens with one attached hydrogen (secondary N) is 1. The van der Waals surface area contributed by atoms with Crippen LogP contribution in [-0.2, 0) is 0 Å². The first-order valence-electron chi connectivity index (χ1n) is 10.6. The number of carbonyl (C=O) groups is 1. The lowest BCUT2D eigenvalue weighted by atomic mass is 10.0. The Kier molecular flexibility index (Phi) is 5.59. The summed E-state index contributed by atoms with van der Waals surface area (Å²) in [4.78, 5) is 16.7. The van der Waals surface area contributed by atoms with Crippen LogP contribution in [0.1, 0.15) is 29.1 Å². The Labute approximate surface area is 190 Å². The SMILES string of the molecule is C[C@H](NC(=O)c1ccco1)[C@@H](Oc1ccc2c(cnn2-c2cccnc2)c1)c1ccccc1. The van der Waals surface area contributed by atoms with Crippen molar-refractivity contribution in [1.29, 1.82) is 0 Å². The Morgan fingerprint density at radius 3 is 2.67 bits per heavy atom. The molecule has 2 atom stereocenters. The fraction of sp³-hybridized carbons (Fsp3) is 0.115. The van der Waals surface area contributed by atoms with Gasteiger partial charge in [-0.05, 0) is 55.0 Å². The molecule has 7 nitrogen and oxygen atoms in total. The number of fused-ring (bicyclic) bond motifs is 1. The maximum Gasteiger partial charge on any atom is 0.287 e. The van der Waals surface area contributed by atoms with E-state index in [9.17, 15) is 4.79 Å². The smallest absolute Gasteiger partial charge is 0.287 e. The van der Waals surface area contributed by atoms with Crippen LogP contribution in [0.15, 0.2) is 102 Å². The van der Waals surface area contributed by atoms with Crippen LogP contribution >= 0.6 is 0 Å². The number of carbonyl (C=O) groups excluding carboxylic acids is 1. The normalized spacial score (nSPS) is 12.9. The number of hydrogen-bond acceptors (Lipinski definition) is 5. The topological polar surface area (TPSA) is 82.2 Å². The number of benzene rings is 2. The number of aromatic nitrogens is 3. The van der Waals surface area contributed by atoms with Crippen molar-refractivity contribution >= 4 is 16.8 Å². The number of furan rings is 1. The van der Waals surface area contributed by atoms with Crippen molar-refractivity contribution in [3.8, 4) is 11.4 Å². The van der Waals surface area contributed by atoms with Crippen LogP contribution in [0.2, 0.25) is 0 Å². The number of amides is 1. The molecule has 0 bridgehead atoms. The molecule has 2 aromatic carbocycles. The van der Waals surface area contributed by atoms with E-state index in [1.165, 1.54) is 6.26 Å². The van der Waals surface area contributed by atoms with Gasteiger partial charge in [0.05, 0.1) is 35.9 Å². The molecular formula is C26H22N4O3. The molecule has 0 fully saturated rings. The summed E-state index contributed by atoms with van der Waals surface area (Å²) in [5.41, 5.74) is 2.79. The number of rotatable bonds is 7. The fourth-order valence-electron chi connectivity index (χ4n) is 3.78. The zero-order valence-corrected chi connectivity index (χ0v) is 18.0. The standard InChI is InChI=1S/C26H22N4O3/c1-18(29-26(31)24-10-6-14-32-24)25(19-7-3-2-4-8-19)33-22-11-12-23-20(15-22)16-28-30(23)21-9-5-13-27-17-21/h2-18,25H,1H3,(H,29,31)/t18-,25+/m0/s1. The van der Waals surface area contributed by atoms with Crippen LogP contribution in [0.3, 0.4) is 0 Å². The maximum atomic E-state index is 12.5. The van der Waals surface area contributed by atoms with Gasteiger partial charge in [-0.15, -0.1) is 0 Å². The second kappa shape index (κ2) is 9.00. The molecule has 0 radical (unpaired) electrons. The Morgan fingerprint density at radius 2 is 1.91 bits per heavy atom. The summed E-state index contributed by atoms with van der Waals surface area (Å²) in [6, 6.07) is 22.5. The molecular weight excluding hydrogens is 416 g/mol. The average Bonchev–Trinajstić information content (AvgIpc) is 3.54. The molecule has 0 unspecified atom stereocenters. The average molecular weight is 438 g/mol. The van der Waals surface area contributed by atoms with E-state index in [-0.39, 0.29) is 17.7 Å².